The summed E-state index contributed by atoms with van der Waals surface area (Å²) in [5.74, 6) is 0.621. The van der Waals surface area contributed by atoms with Gasteiger partial charge in [-0.3, -0.25) is 9.48 Å². The second-order valence-corrected chi connectivity index (χ2v) is 10.0. The molecule has 10 nitrogen and oxygen atoms in total. The van der Waals surface area contributed by atoms with Gasteiger partial charge in [-0.15, -0.1) is 0 Å². The summed E-state index contributed by atoms with van der Waals surface area (Å²) in [4.78, 5) is 20.0. The maximum absolute atomic E-state index is 13.6. The maximum atomic E-state index is 13.6. The number of nitrogens with zero attached hydrogens (tertiary/aromatic N) is 4. The fourth-order valence-corrected chi connectivity index (χ4v) is 5.62. The molecule has 0 fully saturated rings. The van der Waals surface area contributed by atoms with E-state index in [4.69, 9.17) is 4.74 Å². The van der Waals surface area contributed by atoms with Crippen LogP contribution in [0.3, 0.4) is 0 Å². The van der Waals surface area contributed by atoms with Gasteiger partial charge >= 0.3 is 0 Å². The molecule has 0 aliphatic heterocycles. The quantitative estimate of drug-likeness (QED) is 0.335. The summed E-state index contributed by atoms with van der Waals surface area (Å²) in [5, 5.41) is 14.8. The standard InChI is InChI=1S/C25H29N5O5S/c1-4-8-20-19-16-21(27-25(32)24(19)29(3)28-20)18-15-17(10-11-22(18)35-5-2)36(33,34)30(13-14-31)23-9-6-7-12-26-23/h6-7,9-12,15-16,31H,4-5,8,13-14H2,1-3H3,(H,27,32). The van der Waals surface area contributed by atoms with Crippen LogP contribution >= 0.6 is 0 Å². The van der Waals surface area contributed by atoms with Crippen molar-refractivity contribution in [2.24, 2.45) is 7.05 Å². The number of H-pyrrole nitrogens is 1. The van der Waals surface area contributed by atoms with E-state index in [1.807, 2.05) is 19.9 Å². The maximum Gasteiger partial charge on any atom is 0.274 e. The average molecular weight is 512 g/mol. The Morgan fingerprint density at radius 2 is 1.97 bits per heavy atom. The molecule has 0 aliphatic rings. The van der Waals surface area contributed by atoms with Crippen molar-refractivity contribution in [2.45, 2.75) is 31.6 Å². The lowest BCUT2D eigenvalue weighted by Crippen LogP contribution is -2.34. The largest absolute Gasteiger partial charge is 0.493 e. The van der Waals surface area contributed by atoms with E-state index in [-0.39, 0.29) is 29.4 Å². The molecule has 0 amide bonds. The number of aromatic nitrogens is 4. The molecule has 3 heterocycles. The molecular weight excluding hydrogens is 482 g/mol. The second-order valence-electron chi connectivity index (χ2n) is 8.17. The van der Waals surface area contributed by atoms with Crippen LogP contribution in [0.2, 0.25) is 0 Å². The number of pyridine rings is 2. The summed E-state index contributed by atoms with van der Waals surface area (Å²) in [5.41, 5.74) is 1.77. The highest BCUT2D eigenvalue weighted by atomic mass is 32.2. The van der Waals surface area contributed by atoms with E-state index in [2.05, 4.69) is 15.1 Å². The Bertz CT molecular complexity index is 1530. The Morgan fingerprint density at radius 3 is 2.64 bits per heavy atom. The van der Waals surface area contributed by atoms with Crippen molar-refractivity contribution in [3.63, 3.8) is 0 Å². The predicted octanol–water partition coefficient (Wildman–Crippen LogP) is 2.86. The van der Waals surface area contributed by atoms with Crippen LogP contribution in [0.15, 0.2) is 58.4 Å². The van der Waals surface area contributed by atoms with Gasteiger partial charge in [-0.2, -0.15) is 5.10 Å². The third-order valence-corrected chi connectivity index (χ3v) is 7.54. The van der Waals surface area contributed by atoms with E-state index < -0.39 is 10.0 Å². The summed E-state index contributed by atoms with van der Waals surface area (Å²) < 4.78 is 35.7. The molecule has 0 unspecified atom stereocenters. The number of hydrogen-bond donors (Lipinski definition) is 2. The van der Waals surface area contributed by atoms with Crippen molar-refractivity contribution in [1.29, 1.82) is 0 Å². The predicted molar refractivity (Wildman–Crippen MR) is 138 cm³/mol. The number of sulfonamides is 1. The smallest absolute Gasteiger partial charge is 0.274 e. The molecule has 0 radical (unpaired) electrons. The van der Waals surface area contributed by atoms with Gasteiger partial charge in [-0.25, -0.2) is 17.7 Å². The summed E-state index contributed by atoms with van der Waals surface area (Å²) in [6.45, 7) is 3.66. The molecule has 2 N–H and O–H groups in total. The van der Waals surface area contributed by atoms with Crippen LogP contribution in [0.5, 0.6) is 5.75 Å². The molecule has 11 heteroatoms. The van der Waals surface area contributed by atoms with E-state index in [9.17, 15) is 18.3 Å². The Labute approximate surface area is 209 Å². The second kappa shape index (κ2) is 10.5. The van der Waals surface area contributed by atoms with Crippen molar-refractivity contribution < 1.29 is 18.3 Å². The van der Waals surface area contributed by atoms with Gasteiger partial charge in [0.2, 0.25) is 0 Å². The van der Waals surface area contributed by atoms with Crippen LogP contribution in [0, 0.1) is 0 Å². The monoisotopic (exact) mass is 511 g/mol. The van der Waals surface area contributed by atoms with Crippen LogP contribution in [0.1, 0.15) is 26.0 Å². The normalized spacial score (nSPS) is 11.7. The molecule has 1 aromatic carbocycles. The molecular formula is C25H29N5O5S. The number of aliphatic hydroxyl groups excluding tert-OH is 1. The van der Waals surface area contributed by atoms with Crippen molar-refractivity contribution >= 4 is 26.7 Å². The molecule has 4 rings (SSSR count). The lowest BCUT2D eigenvalue weighted by Gasteiger charge is -2.23. The van der Waals surface area contributed by atoms with Gasteiger partial charge < -0.3 is 14.8 Å². The highest BCUT2D eigenvalue weighted by Gasteiger charge is 2.27. The Balaban J connectivity index is 1.91. The highest BCUT2D eigenvalue weighted by Crippen LogP contribution is 2.34. The molecule has 36 heavy (non-hydrogen) atoms. The van der Waals surface area contributed by atoms with E-state index >= 15 is 0 Å². The summed E-state index contributed by atoms with van der Waals surface area (Å²) in [6, 6.07) is 11.2. The minimum Gasteiger partial charge on any atom is -0.493 e. The fraction of sp³-hybridized carbons (Fsp3) is 0.320. The third-order valence-electron chi connectivity index (χ3n) is 5.74. The summed E-state index contributed by atoms with van der Waals surface area (Å²) in [7, 11) is -2.37. The number of benzene rings is 1. The van der Waals surface area contributed by atoms with Crippen LogP contribution in [0.4, 0.5) is 5.82 Å². The lowest BCUT2D eigenvalue weighted by molar-refractivity contribution is 0.306. The SMILES string of the molecule is CCCc1nn(C)c2c(=O)[nH]c(-c3cc(S(=O)(=O)N(CCO)c4ccccn4)ccc3OCC)cc12. The third kappa shape index (κ3) is 4.71. The number of ether oxygens (including phenoxy) is 1. The summed E-state index contributed by atoms with van der Waals surface area (Å²) >= 11 is 0. The molecule has 0 saturated carbocycles. The molecule has 0 spiro atoms. The first kappa shape index (κ1) is 25.4. The van der Waals surface area contributed by atoms with Crippen molar-refractivity contribution in [2.75, 3.05) is 24.1 Å². The zero-order valence-corrected chi connectivity index (χ0v) is 21.2. The van der Waals surface area contributed by atoms with Gasteiger partial charge in [-0.05, 0) is 49.7 Å². The van der Waals surface area contributed by atoms with Crippen LogP contribution in [0.25, 0.3) is 22.2 Å². The van der Waals surface area contributed by atoms with E-state index in [1.165, 1.54) is 18.3 Å². The Hall–Kier alpha value is -3.70. The first-order chi connectivity index (χ1) is 17.3. The molecule has 0 atom stereocenters. The van der Waals surface area contributed by atoms with Crippen LogP contribution in [-0.4, -0.2) is 53.0 Å². The molecule has 190 valence electrons. The van der Waals surface area contributed by atoms with Gasteiger partial charge in [0.05, 0.1) is 36.0 Å². The van der Waals surface area contributed by atoms with Crippen molar-refractivity contribution in [3.8, 4) is 17.0 Å². The lowest BCUT2D eigenvalue weighted by atomic mass is 10.1. The number of anilines is 1. The molecule has 3 aromatic heterocycles. The number of aliphatic hydroxyl groups is 1. The van der Waals surface area contributed by atoms with Gasteiger partial charge in [0, 0.05) is 24.2 Å². The van der Waals surface area contributed by atoms with Gasteiger partial charge in [0.1, 0.15) is 17.1 Å². The number of hydrogen-bond acceptors (Lipinski definition) is 7. The van der Waals surface area contributed by atoms with E-state index in [0.717, 1.165) is 16.4 Å². The minimum absolute atomic E-state index is 0.0269. The van der Waals surface area contributed by atoms with Crippen LogP contribution in [-0.2, 0) is 23.5 Å². The molecule has 4 aromatic rings. The highest BCUT2D eigenvalue weighted by molar-refractivity contribution is 7.92. The summed E-state index contributed by atoms with van der Waals surface area (Å²) in [6.07, 6.45) is 3.05. The minimum atomic E-state index is -4.10. The number of nitrogens with one attached hydrogen (secondary N) is 1. The number of aromatic amines is 1. The first-order valence-corrected chi connectivity index (χ1v) is 13.2. The van der Waals surface area contributed by atoms with Crippen molar-refractivity contribution in [1.82, 2.24) is 19.7 Å². The van der Waals surface area contributed by atoms with Gasteiger partial charge in [0.15, 0.2) is 0 Å². The van der Waals surface area contributed by atoms with Crippen LogP contribution < -0.4 is 14.6 Å². The van der Waals surface area contributed by atoms with Crippen molar-refractivity contribution in [3.05, 3.63) is 64.7 Å². The van der Waals surface area contributed by atoms with E-state index in [1.54, 1.807) is 36.0 Å². The molecule has 0 saturated heterocycles. The molecule has 0 bridgehead atoms. The Kier molecular flexibility index (Phi) is 7.41. The number of rotatable bonds is 10. The number of aryl methyl sites for hydroxylation is 2. The van der Waals surface area contributed by atoms with E-state index in [0.29, 0.717) is 40.9 Å². The number of fused-ring (bicyclic) bond motifs is 1. The van der Waals surface area contributed by atoms with Gasteiger partial charge in [-0.1, -0.05) is 19.4 Å². The topological polar surface area (TPSA) is 130 Å². The zero-order chi connectivity index (χ0) is 25.9. The average Bonchev–Trinajstić information content (AvgIpc) is 3.19. The Morgan fingerprint density at radius 1 is 1.17 bits per heavy atom. The zero-order valence-electron chi connectivity index (χ0n) is 20.4. The van der Waals surface area contributed by atoms with Gasteiger partial charge in [0.25, 0.3) is 15.6 Å². The first-order valence-electron chi connectivity index (χ1n) is 11.7. The molecule has 0 aliphatic carbocycles. The fourth-order valence-electron chi connectivity index (χ4n) is 4.18.